The third-order valence-electron chi connectivity index (χ3n) is 3.18. The third-order valence-corrected chi connectivity index (χ3v) is 3.18. The Balaban J connectivity index is 1.93. The Bertz CT molecular complexity index is 810. The van der Waals surface area contributed by atoms with Crippen molar-refractivity contribution in [3.8, 4) is 5.75 Å². The molecule has 0 saturated heterocycles. The number of rotatable bonds is 3. The summed E-state index contributed by atoms with van der Waals surface area (Å²) < 4.78 is 6.77. The minimum absolute atomic E-state index is 0.267. The van der Waals surface area contributed by atoms with Crippen molar-refractivity contribution in [1.29, 1.82) is 0 Å². The summed E-state index contributed by atoms with van der Waals surface area (Å²) in [5, 5.41) is 6.92. The minimum atomic E-state index is -0.267. The van der Waals surface area contributed by atoms with Crippen LogP contribution in [0.1, 0.15) is 10.4 Å². The fourth-order valence-electron chi connectivity index (χ4n) is 2.07. The molecule has 0 aliphatic carbocycles. The highest BCUT2D eigenvalue weighted by Crippen LogP contribution is 2.25. The lowest BCUT2D eigenvalue weighted by Gasteiger charge is -2.09. The van der Waals surface area contributed by atoms with Crippen LogP contribution in [0.4, 0.5) is 11.4 Å². The van der Waals surface area contributed by atoms with Gasteiger partial charge in [-0.3, -0.25) is 4.79 Å². The van der Waals surface area contributed by atoms with Crippen molar-refractivity contribution in [2.75, 3.05) is 18.2 Å². The van der Waals surface area contributed by atoms with Gasteiger partial charge >= 0.3 is 0 Å². The normalized spacial score (nSPS) is 10.5. The van der Waals surface area contributed by atoms with E-state index in [0.29, 0.717) is 22.7 Å². The molecule has 3 aromatic rings. The molecule has 3 rings (SSSR count). The van der Waals surface area contributed by atoms with Crippen molar-refractivity contribution in [1.82, 2.24) is 9.61 Å². The van der Waals surface area contributed by atoms with Crippen LogP contribution in [-0.2, 0) is 0 Å². The molecule has 0 aliphatic rings. The number of ether oxygens (including phenoxy) is 1. The number of benzene rings is 1. The van der Waals surface area contributed by atoms with Crippen molar-refractivity contribution in [2.24, 2.45) is 0 Å². The van der Waals surface area contributed by atoms with E-state index in [2.05, 4.69) is 10.4 Å². The van der Waals surface area contributed by atoms with E-state index < -0.39 is 0 Å². The monoisotopic (exact) mass is 282 g/mol. The Morgan fingerprint density at radius 3 is 3.00 bits per heavy atom. The van der Waals surface area contributed by atoms with Crippen molar-refractivity contribution >= 4 is 22.8 Å². The first-order valence-corrected chi connectivity index (χ1v) is 6.36. The van der Waals surface area contributed by atoms with E-state index in [1.54, 1.807) is 36.0 Å². The molecule has 6 nitrogen and oxygen atoms in total. The van der Waals surface area contributed by atoms with Gasteiger partial charge in [-0.2, -0.15) is 5.10 Å². The Morgan fingerprint density at radius 1 is 1.33 bits per heavy atom. The van der Waals surface area contributed by atoms with Gasteiger partial charge in [0.25, 0.3) is 5.91 Å². The van der Waals surface area contributed by atoms with Crippen LogP contribution < -0.4 is 15.8 Å². The molecule has 2 heterocycles. The summed E-state index contributed by atoms with van der Waals surface area (Å²) in [5.74, 6) is 0.357. The van der Waals surface area contributed by atoms with Crippen molar-refractivity contribution in [3.05, 3.63) is 54.4 Å². The fraction of sp³-hybridized carbons (Fsp3) is 0.0667. The number of pyridine rings is 1. The molecule has 0 fully saturated rings. The van der Waals surface area contributed by atoms with Crippen LogP contribution in [0.15, 0.2) is 48.8 Å². The molecule has 0 radical (unpaired) electrons. The number of hydrogen-bond acceptors (Lipinski definition) is 4. The van der Waals surface area contributed by atoms with Gasteiger partial charge in [-0.25, -0.2) is 4.52 Å². The average molecular weight is 282 g/mol. The lowest BCUT2D eigenvalue weighted by molar-refractivity contribution is 0.102. The molecule has 0 bridgehead atoms. The Labute approximate surface area is 121 Å². The van der Waals surface area contributed by atoms with Crippen molar-refractivity contribution in [2.45, 2.75) is 0 Å². The summed E-state index contributed by atoms with van der Waals surface area (Å²) in [5.41, 5.74) is 8.07. The van der Waals surface area contributed by atoms with Crippen LogP contribution in [0.3, 0.4) is 0 Å². The first-order chi connectivity index (χ1) is 10.2. The van der Waals surface area contributed by atoms with Gasteiger partial charge in [0.2, 0.25) is 0 Å². The number of nitrogens with two attached hydrogens (primary N) is 1. The van der Waals surface area contributed by atoms with E-state index in [4.69, 9.17) is 10.5 Å². The highest BCUT2D eigenvalue weighted by atomic mass is 16.5. The quantitative estimate of drug-likeness (QED) is 0.721. The molecule has 2 aromatic heterocycles. The number of hydrogen-bond donors (Lipinski definition) is 2. The molecule has 106 valence electrons. The molecule has 1 amide bonds. The molecule has 21 heavy (non-hydrogen) atoms. The van der Waals surface area contributed by atoms with Gasteiger partial charge in [0.15, 0.2) is 0 Å². The first-order valence-electron chi connectivity index (χ1n) is 6.36. The number of fused-ring (bicyclic) bond motifs is 1. The van der Waals surface area contributed by atoms with Crippen LogP contribution in [0, 0.1) is 0 Å². The third kappa shape index (κ3) is 2.38. The minimum Gasteiger partial charge on any atom is -0.497 e. The maximum Gasteiger partial charge on any atom is 0.259 e. The molecule has 0 aliphatic heterocycles. The van der Waals surface area contributed by atoms with Crippen LogP contribution in [0.5, 0.6) is 5.75 Å². The van der Waals surface area contributed by atoms with Crippen LogP contribution in [0.25, 0.3) is 5.52 Å². The lowest BCUT2D eigenvalue weighted by Crippen LogP contribution is -2.13. The summed E-state index contributed by atoms with van der Waals surface area (Å²) in [6.45, 7) is 0. The number of amides is 1. The molecule has 6 heteroatoms. The molecule has 0 unspecified atom stereocenters. The number of nitrogens with one attached hydrogen (secondary N) is 1. The zero-order chi connectivity index (χ0) is 14.8. The van der Waals surface area contributed by atoms with Gasteiger partial charge in [0, 0.05) is 12.3 Å². The summed E-state index contributed by atoms with van der Waals surface area (Å²) in [6.07, 6.45) is 3.31. The maximum absolute atomic E-state index is 12.4. The Kier molecular flexibility index (Phi) is 3.19. The van der Waals surface area contributed by atoms with E-state index in [1.807, 2.05) is 18.2 Å². The first kappa shape index (κ1) is 13.0. The number of nitrogen functional groups attached to an aromatic ring is 1. The highest BCUT2D eigenvalue weighted by Gasteiger charge is 2.14. The number of carbonyl (C=O) groups excluding carboxylic acids is 1. The standard InChI is InChI=1S/C15H14N4O2/c1-21-10-5-6-12(16)13(8-10)18-15(20)11-9-17-19-7-3-2-4-14(11)19/h2-9H,16H2,1H3,(H,18,20). The summed E-state index contributed by atoms with van der Waals surface area (Å²) in [4.78, 5) is 12.4. The predicted octanol–water partition coefficient (Wildman–Crippen LogP) is 2.18. The summed E-state index contributed by atoms with van der Waals surface area (Å²) >= 11 is 0. The smallest absolute Gasteiger partial charge is 0.259 e. The van der Waals surface area contributed by atoms with Gasteiger partial charge in [0.05, 0.1) is 35.8 Å². The zero-order valence-electron chi connectivity index (χ0n) is 11.4. The Hall–Kier alpha value is -3.02. The van der Waals surface area contributed by atoms with Crippen molar-refractivity contribution in [3.63, 3.8) is 0 Å². The zero-order valence-corrected chi connectivity index (χ0v) is 11.4. The second-order valence-corrected chi connectivity index (χ2v) is 4.50. The molecule has 0 spiro atoms. The molecule has 0 atom stereocenters. The molecular formula is C15H14N4O2. The molecular weight excluding hydrogens is 268 g/mol. The van der Waals surface area contributed by atoms with E-state index in [1.165, 1.54) is 6.20 Å². The number of nitrogens with zero attached hydrogens (tertiary/aromatic N) is 2. The van der Waals surface area contributed by atoms with E-state index in [0.717, 1.165) is 5.52 Å². The van der Waals surface area contributed by atoms with Gasteiger partial charge in [-0.1, -0.05) is 6.07 Å². The summed E-state index contributed by atoms with van der Waals surface area (Å²) in [7, 11) is 1.56. The highest BCUT2D eigenvalue weighted by molar-refractivity contribution is 6.09. The molecule has 3 N–H and O–H groups in total. The van der Waals surface area contributed by atoms with Crippen LogP contribution in [0.2, 0.25) is 0 Å². The molecule has 0 saturated carbocycles. The topological polar surface area (TPSA) is 81.6 Å². The number of aromatic nitrogens is 2. The second kappa shape index (κ2) is 5.16. The van der Waals surface area contributed by atoms with Crippen molar-refractivity contribution < 1.29 is 9.53 Å². The van der Waals surface area contributed by atoms with Gasteiger partial charge in [0.1, 0.15) is 5.75 Å². The fourth-order valence-corrected chi connectivity index (χ4v) is 2.07. The van der Waals surface area contributed by atoms with E-state index in [-0.39, 0.29) is 5.91 Å². The average Bonchev–Trinajstić information content (AvgIpc) is 2.93. The second-order valence-electron chi connectivity index (χ2n) is 4.50. The SMILES string of the molecule is COc1ccc(N)c(NC(=O)c2cnn3ccccc23)c1. The van der Waals surface area contributed by atoms with Gasteiger partial charge in [-0.15, -0.1) is 0 Å². The maximum atomic E-state index is 12.4. The predicted molar refractivity (Wildman–Crippen MR) is 80.6 cm³/mol. The molecule has 1 aromatic carbocycles. The van der Waals surface area contributed by atoms with E-state index >= 15 is 0 Å². The number of methoxy groups -OCH3 is 1. The Morgan fingerprint density at radius 2 is 2.19 bits per heavy atom. The largest absolute Gasteiger partial charge is 0.497 e. The van der Waals surface area contributed by atoms with Crippen LogP contribution >= 0.6 is 0 Å². The number of anilines is 2. The summed E-state index contributed by atoms with van der Waals surface area (Å²) in [6, 6.07) is 10.6. The van der Waals surface area contributed by atoms with E-state index in [9.17, 15) is 4.79 Å². The lowest BCUT2D eigenvalue weighted by atomic mass is 10.2. The van der Waals surface area contributed by atoms with Gasteiger partial charge in [-0.05, 0) is 24.3 Å². The van der Waals surface area contributed by atoms with Crippen LogP contribution in [-0.4, -0.2) is 22.6 Å². The number of carbonyl (C=O) groups is 1. The van der Waals surface area contributed by atoms with Gasteiger partial charge < -0.3 is 15.8 Å².